The fourth-order valence-electron chi connectivity index (χ4n) is 5.10. The Morgan fingerprint density at radius 1 is 1.06 bits per heavy atom. The van der Waals surface area contributed by atoms with Gasteiger partial charge in [-0.3, -0.25) is 9.59 Å². The summed E-state index contributed by atoms with van der Waals surface area (Å²) in [6.45, 7) is 7.87. The first-order valence-corrected chi connectivity index (χ1v) is 15.8. The average Bonchev–Trinajstić information content (AvgIpc) is 3.48. The minimum atomic E-state index is -0.348. The summed E-state index contributed by atoms with van der Waals surface area (Å²) in [4.78, 5) is 31.3. The third-order valence-electron chi connectivity index (χ3n) is 7.28. The molecule has 4 aromatic carbocycles. The van der Waals surface area contributed by atoms with Gasteiger partial charge in [-0.05, 0) is 86.5 Å². The molecule has 10 heteroatoms. The largest absolute Gasteiger partial charge is 0.490 e. The molecule has 0 bridgehead atoms. The van der Waals surface area contributed by atoms with Crippen LogP contribution in [0.4, 0.5) is 5.69 Å². The van der Waals surface area contributed by atoms with Crippen molar-refractivity contribution >= 4 is 55.6 Å². The smallest absolute Gasteiger partial charge is 0.282 e. The number of ether oxygens (including phenoxy) is 2. The number of carbonyl (C=O) groups excluding carboxylic acids is 1. The van der Waals surface area contributed by atoms with Crippen molar-refractivity contribution in [2.24, 2.45) is 5.10 Å². The lowest BCUT2D eigenvalue weighted by atomic mass is 10.1. The van der Waals surface area contributed by atoms with Crippen molar-refractivity contribution in [2.45, 2.75) is 20.3 Å². The zero-order valence-electron chi connectivity index (χ0n) is 25.8. The second kappa shape index (κ2) is 13.9. The first-order chi connectivity index (χ1) is 22.8. The number of rotatable bonds is 11. The van der Waals surface area contributed by atoms with Crippen molar-refractivity contribution in [1.82, 2.24) is 9.66 Å². The lowest BCUT2D eigenvalue weighted by Crippen LogP contribution is -2.21. The van der Waals surface area contributed by atoms with Crippen molar-refractivity contribution in [3.8, 4) is 23.1 Å². The Morgan fingerprint density at radius 2 is 1.87 bits per heavy atom. The quantitative estimate of drug-likeness (QED) is 0.109. The van der Waals surface area contributed by atoms with Crippen LogP contribution in [-0.4, -0.2) is 35.0 Å². The number of para-hydroxylation sites is 1. The Kier molecular flexibility index (Phi) is 9.30. The molecule has 0 atom stereocenters. The highest BCUT2D eigenvalue weighted by atomic mass is 79.9. The topological polar surface area (TPSA) is 108 Å². The summed E-state index contributed by atoms with van der Waals surface area (Å²) >= 11 is 3.50. The first kappa shape index (κ1) is 31.5. The lowest BCUT2D eigenvalue weighted by Gasteiger charge is -2.16. The van der Waals surface area contributed by atoms with Gasteiger partial charge in [0.1, 0.15) is 5.58 Å². The zero-order valence-corrected chi connectivity index (χ0v) is 27.4. The molecule has 2 aromatic heterocycles. The van der Waals surface area contributed by atoms with Crippen LogP contribution in [0.1, 0.15) is 23.6 Å². The highest BCUT2D eigenvalue weighted by molar-refractivity contribution is 9.10. The number of aromatic nitrogens is 2. The molecule has 6 rings (SSSR count). The molecule has 9 nitrogen and oxygen atoms in total. The number of nitrogens with zero attached hydrogens (tertiary/aromatic N) is 3. The molecule has 0 fully saturated rings. The summed E-state index contributed by atoms with van der Waals surface area (Å²) in [5.74, 6) is 1.21. The summed E-state index contributed by atoms with van der Waals surface area (Å²) in [6.07, 6.45) is 3.73. The lowest BCUT2D eigenvalue weighted by molar-refractivity contribution is -0.118. The van der Waals surface area contributed by atoms with Gasteiger partial charge in [0, 0.05) is 21.1 Å². The summed E-state index contributed by atoms with van der Waals surface area (Å²) < 4.78 is 20.2. The van der Waals surface area contributed by atoms with Crippen LogP contribution in [0.25, 0.3) is 33.5 Å². The predicted molar refractivity (Wildman–Crippen MR) is 189 cm³/mol. The van der Waals surface area contributed by atoms with Crippen molar-refractivity contribution in [1.29, 1.82) is 0 Å². The normalized spacial score (nSPS) is 11.3. The van der Waals surface area contributed by atoms with E-state index >= 15 is 0 Å². The van der Waals surface area contributed by atoms with Crippen molar-refractivity contribution in [3.63, 3.8) is 0 Å². The van der Waals surface area contributed by atoms with E-state index in [2.05, 4.69) is 32.9 Å². The summed E-state index contributed by atoms with van der Waals surface area (Å²) in [6, 6.07) is 25.7. The minimum Gasteiger partial charge on any atom is -0.490 e. The van der Waals surface area contributed by atoms with Gasteiger partial charge >= 0.3 is 0 Å². The molecule has 0 aliphatic heterocycles. The first-order valence-electron chi connectivity index (χ1n) is 15.0. The molecule has 0 saturated heterocycles. The van der Waals surface area contributed by atoms with Crippen molar-refractivity contribution in [3.05, 3.63) is 129 Å². The number of fused-ring (bicyclic) bond motifs is 2. The van der Waals surface area contributed by atoms with Crippen LogP contribution >= 0.6 is 15.9 Å². The zero-order chi connectivity index (χ0) is 32.9. The highest BCUT2D eigenvalue weighted by Crippen LogP contribution is 2.34. The number of allylic oxidation sites excluding steroid dienone is 1. The van der Waals surface area contributed by atoms with Gasteiger partial charge in [-0.1, -0.05) is 51.8 Å². The van der Waals surface area contributed by atoms with E-state index in [4.69, 9.17) is 18.9 Å². The number of carbonyl (C=O) groups is 1. The molecule has 47 heavy (non-hydrogen) atoms. The maximum atomic E-state index is 13.8. The molecule has 2 heterocycles. The third kappa shape index (κ3) is 7.02. The number of hydrogen-bond donors (Lipinski definition) is 1. The van der Waals surface area contributed by atoms with E-state index in [1.54, 1.807) is 36.6 Å². The second-order valence-electron chi connectivity index (χ2n) is 10.7. The van der Waals surface area contributed by atoms with Gasteiger partial charge in [0.25, 0.3) is 11.5 Å². The summed E-state index contributed by atoms with van der Waals surface area (Å²) in [7, 11) is 0. The van der Waals surface area contributed by atoms with Crippen LogP contribution in [-0.2, 0) is 11.2 Å². The van der Waals surface area contributed by atoms with E-state index in [0.717, 1.165) is 21.0 Å². The molecule has 0 radical (unpaired) electrons. The van der Waals surface area contributed by atoms with Crippen LogP contribution in [0.5, 0.6) is 11.5 Å². The standard InChI is InChI=1S/C37H31BrN4O5/c1-4-8-25-17-24(18-32(45-5-2)35(25)46-22-34(43)40-28-14-11-23(3)12-15-28)21-39-42-36(41-30-10-7-6-9-29(30)37(42)44)33-20-26-19-27(38)13-16-31(26)47-33/h4,6-7,9-21H,1,5,8,22H2,2-3H3,(H,40,43). The molecule has 0 unspecified atom stereocenters. The number of benzene rings is 4. The van der Waals surface area contributed by atoms with Crippen LogP contribution < -0.4 is 20.3 Å². The highest BCUT2D eigenvalue weighted by Gasteiger charge is 2.18. The molecule has 1 N–H and O–H groups in total. The summed E-state index contributed by atoms with van der Waals surface area (Å²) in [5.41, 5.74) is 3.99. The van der Waals surface area contributed by atoms with Crippen LogP contribution in [0.15, 0.2) is 116 Å². The fraction of sp³-hybridized carbons (Fsp3) is 0.135. The molecular formula is C37H31BrN4O5. The average molecular weight is 692 g/mol. The molecule has 0 aliphatic rings. The fourth-order valence-corrected chi connectivity index (χ4v) is 5.48. The van der Waals surface area contributed by atoms with E-state index in [1.807, 2.05) is 74.5 Å². The molecule has 1 amide bonds. The maximum Gasteiger partial charge on any atom is 0.282 e. The van der Waals surface area contributed by atoms with Crippen LogP contribution in [0.2, 0.25) is 0 Å². The number of hydrogen-bond acceptors (Lipinski definition) is 7. The van der Waals surface area contributed by atoms with E-state index in [-0.39, 0.29) is 23.9 Å². The minimum absolute atomic E-state index is 0.221. The maximum absolute atomic E-state index is 13.8. The van der Waals surface area contributed by atoms with Crippen LogP contribution in [0, 0.1) is 6.92 Å². The van der Waals surface area contributed by atoms with E-state index < -0.39 is 0 Å². The van der Waals surface area contributed by atoms with Crippen molar-refractivity contribution < 1.29 is 18.7 Å². The number of nitrogens with one attached hydrogen (secondary N) is 1. The van der Waals surface area contributed by atoms with E-state index in [0.29, 0.717) is 58.0 Å². The number of aryl methyl sites for hydroxylation is 1. The van der Waals surface area contributed by atoms with E-state index in [1.165, 1.54) is 4.68 Å². The van der Waals surface area contributed by atoms with Gasteiger partial charge in [0.05, 0.1) is 23.7 Å². The Morgan fingerprint density at radius 3 is 2.66 bits per heavy atom. The molecule has 0 aliphatic carbocycles. The third-order valence-corrected chi connectivity index (χ3v) is 7.77. The molecule has 0 saturated carbocycles. The molecule has 0 spiro atoms. The molecule has 236 valence electrons. The van der Waals surface area contributed by atoms with Gasteiger partial charge in [0.15, 0.2) is 23.9 Å². The monoisotopic (exact) mass is 690 g/mol. The van der Waals surface area contributed by atoms with Gasteiger partial charge in [0.2, 0.25) is 5.82 Å². The molecular weight excluding hydrogens is 660 g/mol. The Hall–Kier alpha value is -5.48. The number of halogens is 1. The van der Waals surface area contributed by atoms with Gasteiger partial charge < -0.3 is 19.2 Å². The number of furan rings is 1. The summed E-state index contributed by atoms with van der Waals surface area (Å²) in [5, 5.41) is 8.73. The predicted octanol–water partition coefficient (Wildman–Crippen LogP) is 7.91. The number of anilines is 1. The Balaban J connectivity index is 1.36. The van der Waals surface area contributed by atoms with Crippen LogP contribution in [0.3, 0.4) is 0 Å². The van der Waals surface area contributed by atoms with Gasteiger partial charge in [-0.25, -0.2) is 4.98 Å². The SMILES string of the molecule is C=CCc1cc(C=Nn2c(-c3cc4cc(Br)ccc4o3)nc3ccccc3c2=O)cc(OCC)c1OCC(=O)Nc1ccc(C)cc1. The van der Waals surface area contributed by atoms with Gasteiger partial charge in [-0.15, -0.1) is 6.58 Å². The number of amides is 1. The molecule has 6 aromatic rings. The van der Waals surface area contributed by atoms with Gasteiger partial charge in [-0.2, -0.15) is 9.78 Å². The Labute approximate surface area is 279 Å². The van der Waals surface area contributed by atoms with E-state index in [9.17, 15) is 9.59 Å². The Bertz CT molecular complexity index is 2200. The second-order valence-corrected chi connectivity index (χ2v) is 11.7. The van der Waals surface area contributed by atoms with Crippen molar-refractivity contribution in [2.75, 3.05) is 18.5 Å².